The lowest BCUT2D eigenvalue weighted by Gasteiger charge is -2.16. The molecule has 0 bridgehead atoms. The molecule has 1 aliphatic heterocycles. The highest BCUT2D eigenvalue weighted by molar-refractivity contribution is 5.79. The molecule has 0 spiro atoms. The number of hydrogen-bond acceptors (Lipinski definition) is 4. The Kier molecular flexibility index (Phi) is 10.8. The zero-order valence-corrected chi connectivity index (χ0v) is 29.3. The van der Waals surface area contributed by atoms with E-state index >= 15 is 0 Å². The van der Waals surface area contributed by atoms with Crippen LogP contribution in [0.5, 0.6) is 0 Å². The molecule has 2 aromatic heterocycles. The van der Waals surface area contributed by atoms with E-state index in [2.05, 4.69) is 10.2 Å². The Morgan fingerprint density at radius 1 is 0.615 bits per heavy atom. The summed E-state index contributed by atoms with van der Waals surface area (Å²) in [6.45, 7) is 1.63. The van der Waals surface area contributed by atoms with E-state index in [0.29, 0.717) is 66.0 Å². The number of likely N-dealkylation sites (N-methyl/N-ethyl adjacent to an activating group) is 1. The summed E-state index contributed by atoms with van der Waals surface area (Å²) in [4.78, 5) is 27.4. The second-order valence-corrected chi connectivity index (χ2v) is 13.8. The van der Waals surface area contributed by atoms with E-state index in [1.54, 1.807) is 50.5 Å². The molecule has 2 amide bonds. The van der Waals surface area contributed by atoms with Gasteiger partial charge in [0.15, 0.2) is 11.4 Å². The largest absolute Gasteiger partial charge is 0.435 e. The first-order valence-electron chi connectivity index (χ1n) is 17.7. The van der Waals surface area contributed by atoms with Gasteiger partial charge in [0, 0.05) is 49.7 Å². The van der Waals surface area contributed by atoms with Gasteiger partial charge in [0.25, 0.3) is 0 Å². The fraction of sp³-hybridized carbons (Fsp3) is 0.474. The predicted octanol–water partition coefficient (Wildman–Crippen LogP) is 7.34. The molecular weight excluding hydrogens is 686 g/mol. The Morgan fingerprint density at radius 2 is 1.02 bits per heavy atom. The Bertz CT molecular complexity index is 1880. The van der Waals surface area contributed by atoms with Crippen LogP contribution in [0.3, 0.4) is 0 Å². The summed E-state index contributed by atoms with van der Waals surface area (Å²) in [6, 6.07) is 14.1. The van der Waals surface area contributed by atoms with Gasteiger partial charge in [-0.25, -0.2) is 9.36 Å². The van der Waals surface area contributed by atoms with E-state index < -0.39 is 23.7 Å². The van der Waals surface area contributed by atoms with Gasteiger partial charge in [0.1, 0.15) is 0 Å². The van der Waals surface area contributed by atoms with Crippen molar-refractivity contribution in [2.75, 3.05) is 27.2 Å². The maximum atomic E-state index is 13.3. The van der Waals surface area contributed by atoms with Gasteiger partial charge in [0.2, 0.25) is 11.8 Å². The number of aromatic nitrogens is 4. The van der Waals surface area contributed by atoms with E-state index in [0.717, 1.165) is 62.7 Å². The first kappa shape index (κ1) is 37.1. The number of rotatable bonds is 6. The molecular formula is C38H42F6N6O2. The van der Waals surface area contributed by atoms with Gasteiger partial charge in [-0.05, 0) is 99.6 Å². The Labute approximate surface area is 298 Å². The van der Waals surface area contributed by atoms with Crippen molar-refractivity contribution in [1.82, 2.24) is 29.4 Å². The van der Waals surface area contributed by atoms with Crippen LogP contribution < -0.4 is 0 Å². The van der Waals surface area contributed by atoms with Crippen LogP contribution in [0.15, 0.2) is 48.5 Å². The Morgan fingerprint density at radius 3 is 1.42 bits per heavy atom. The normalized spacial score (nSPS) is 15.8. The third-order valence-corrected chi connectivity index (χ3v) is 9.93. The van der Waals surface area contributed by atoms with Gasteiger partial charge < -0.3 is 9.80 Å². The van der Waals surface area contributed by atoms with Crippen LogP contribution in [0.4, 0.5) is 26.3 Å². The number of alkyl halides is 6. The van der Waals surface area contributed by atoms with Crippen LogP contribution >= 0.6 is 0 Å². The van der Waals surface area contributed by atoms with Gasteiger partial charge in [-0.3, -0.25) is 9.59 Å². The van der Waals surface area contributed by atoms with Gasteiger partial charge in [-0.15, -0.1) is 0 Å². The summed E-state index contributed by atoms with van der Waals surface area (Å²) in [7, 11) is 3.37. The standard InChI is InChI=1S/C20H22F3N3O.C18H20F3N3O/c21-20(22,23)19-16-5-1-2-6-17(16)26(24-19)15-9-7-14(8-10-15)13-18(27)25-11-3-4-12-25;1-23(2)16(25)11-12-7-9-13(10-8-12)24-15-6-4-3-5-14(15)17(22-24)18(19,20)21/h7-10H,1-6,11-13H2;7-10H,3-6,11H2,1-2H3. The molecule has 2 aromatic carbocycles. The maximum absolute atomic E-state index is 13.3. The lowest BCUT2D eigenvalue weighted by Crippen LogP contribution is -2.29. The van der Waals surface area contributed by atoms with Crippen LogP contribution in [0.25, 0.3) is 11.4 Å². The lowest BCUT2D eigenvalue weighted by atomic mass is 9.95. The zero-order chi connectivity index (χ0) is 37.2. The minimum atomic E-state index is -4.44. The van der Waals surface area contributed by atoms with Gasteiger partial charge in [0.05, 0.1) is 24.2 Å². The van der Waals surface area contributed by atoms with Gasteiger partial charge >= 0.3 is 12.4 Å². The van der Waals surface area contributed by atoms with Crippen molar-refractivity contribution in [3.8, 4) is 11.4 Å². The molecule has 2 aliphatic carbocycles. The van der Waals surface area contributed by atoms with Crippen molar-refractivity contribution in [3.05, 3.63) is 93.6 Å². The number of nitrogens with zero attached hydrogens (tertiary/aromatic N) is 6. The second kappa shape index (κ2) is 15.2. The van der Waals surface area contributed by atoms with Crippen molar-refractivity contribution in [3.63, 3.8) is 0 Å². The van der Waals surface area contributed by atoms with E-state index in [1.165, 1.54) is 14.3 Å². The Hall–Kier alpha value is -4.62. The molecule has 0 atom stereocenters. The number of likely N-dealkylation sites (tertiary alicyclic amines) is 1. The lowest BCUT2D eigenvalue weighted by molar-refractivity contribution is -0.142. The number of benzene rings is 2. The van der Waals surface area contributed by atoms with Crippen LogP contribution in [0.2, 0.25) is 0 Å². The van der Waals surface area contributed by atoms with Crippen LogP contribution in [0, 0.1) is 0 Å². The zero-order valence-electron chi connectivity index (χ0n) is 29.3. The molecule has 0 saturated carbocycles. The fourth-order valence-corrected chi connectivity index (χ4v) is 7.18. The molecule has 278 valence electrons. The minimum Gasteiger partial charge on any atom is -0.349 e. The highest BCUT2D eigenvalue weighted by Gasteiger charge is 2.41. The Balaban J connectivity index is 0.000000179. The molecule has 3 aliphatic rings. The molecule has 14 heteroatoms. The van der Waals surface area contributed by atoms with Crippen LogP contribution in [-0.2, 0) is 60.5 Å². The summed E-state index contributed by atoms with van der Waals surface area (Å²) >= 11 is 0. The highest BCUT2D eigenvalue weighted by Crippen LogP contribution is 2.38. The molecule has 0 radical (unpaired) electrons. The minimum absolute atomic E-state index is 0.0245. The summed E-state index contributed by atoms with van der Waals surface area (Å²) in [5.41, 5.74) is 3.33. The number of amides is 2. The highest BCUT2D eigenvalue weighted by atomic mass is 19.4. The van der Waals surface area contributed by atoms with Crippen molar-refractivity contribution in [2.24, 2.45) is 0 Å². The average Bonchev–Trinajstić information content (AvgIpc) is 3.87. The topological polar surface area (TPSA) is 76.3 Å². The molecule has 3 heterocycles. The van der Waals surface area contributed by atoms with Crippen molar-refractivity contribution < 1.29 is 35.9 Å². The summed E-state index contributed by atoms with van der Waals surface area (Å²) in [5.74, 6) is 0.0830. The number of halogens is 6. The molecule has 1 fully saturated rings. The predicted molar refractivity (Wildman–Crippen MR) is 182 cm³/mol. The number of carbonyl (C=O) groups is 2. The maximum Gasteiger partial charge on any atom is 0.435 e. The van der Waals surface area contributed by atoms with E-state index in [9.17, 15) is 35.9 Å². The summed E-state index contributed by atoms with van der Waals surface area (Å²) in [5, 5.41) is 7.77. The van der Waals surface area contributed by atoms with Crippen LogP contribution in [0.1, 0.15) is 83.6 Å². The van der Waals surface area contributed by atoms with Crippen molar-refractivity contribution >= 4 is 11.8 Å². The third kappa shape index (κ3) is 8.20. The fourth-order valence-electron chi connectivity index (χ4n) is 7.18. The average molecular weight is 729 g/mol. The van der Waals surface area contributed by atoms with E-state index in [4.69, 9.17) is 0 Å². The monoisotopic (exact) mass is 728 g/mol. The molecule has 7 rings (SSSR count). The van der Waals surface area contributed by atoms with E-state index in [1.807, 2.05) is 17.0 Å². The molecule has 4 aromatic rings. The molecule has 0 N–H and O–H groups in total. The van der Waals surface area contributed by atoms with Gasteiger partial charge in [-0.2, -0.15) is 36.5 Å². The molecule has 0 unspecified atom stereocenters. The third-order valence-electron chi connectivity index (χ3n) is 9.93. The molecule has 1 saturated heterocycles. The smallest absolute Gasteiger partial charge is 0.349 e. The summed E-state index contributed by atoms with van der Waals surface area (Å²) < 4.78 is 82.7. The molecule has 8 nitrogen and oxygen atoms in total. The first-order chi connectivity index (χ1) is 24.7. The number of hydrogen-bond donors (Lipinski definition) is 0. The quantitative estimate of drug-likeness (QED) is 0.195. The SMILES string of the molecule is CN(C)C(=O)Cc1ccc(-n2nc(C(F)(F)F)c3c2CCCC3)cc1.O=C(Cc1ccc(-n2nc(C(F)(F)F)c3c2CCCC3)cc1)N1CCCC1. The number of fused-ring (bicyclic) bond motifs is 2. The van der Waals surface area contributed by atoms with Gasteiger partial charge in [-0.1, -0.05) is 24.3 Å². The van der Waals surface area contributed by atoms with Crippen LogP contribution in [-0.4, -0.2) is 68.4 Å². The van der Waals surface area contributed by atoms with Crippen molar-refractivity contribution in [1.29, 1.82) is 0 Å². The number of carbonyl (C=O) groups excluding carboxylic acids is 2. The molecule has 52 heavy (non-hydrogen) atoms. The second-order valence-electron chi connectivity index (χ2n) is 13.8. The van der Waals surface area contributed by atoms with Crippen molar-refractivity contribution in [2.45, 2.75) is 89.4 Å². The van der Waals surface area contributed by atoms with E-state index in [-0.39, 0.29) is 18.2 Å². The first-order valence-corrected chi connectivity index (χ1v) is 17.7. The summed E-state index contributed by atoms with van der Waals surface area (Å²) in [6.07, 6.45) is -0.883.